The number of aromatic carboxylic acids is 1. The topological polar surface area (TPSA) is 50.2 Å². The molecule has 0 bridgehead atoms. The summed E-state index contributed by atoms with van der Waals surface area (Å²) in [5.74, 6) is -1.62. The quantitative estimate of drug-likeness (QED) is 0.891. The third-order valence-corrected chi connectivity index (χ3v) is 2.34. The third kappa shape index (κ3) is 2.60. The van der Waals surface area contributed by atoms with Crippen LogP contribution >= 0.6 is 11.6 Å². The van der Waals surface area contributed by atoms with E-state index in [9.17, 15) is 9.18 Å². The van der Waals surface area contributed by atoms with Crippen LogP contribution in [-0.4, -0.2) is 16.1 Å². The molecule has 1 aromatic heterocycles. The average molecular weight is 252 g/mol. The number of carboxylic acid groups (broad SMARTS) is 1. The molecule has 2 aromatic rings. The van der Waals surface area contributed by atoms with E-state index in [1.54, 1.807) is 12.1 Å². The smallest absolute Gasteiger partial charge is 0.354 e. The van der Waals surface area contributed by atoms with Crippen molar-refractivity contribution in [3.63, 3.8) is 0 Å². The molecule has 1 heterocycles. The third-order valence-electron chi connectivity index (χ3n) is 2.13. The van der Waals surface area contributed by atoms with Crippen LogP contribution in [0, 0.1) is 5.82 Å². The molecule has 0 amide bonds. The summed E-state index contributed by atoms with van der Waals surface area (Å²) in [4.78, 5) is 14.7. The average Bonchev–Trinajstić information content (AvgIpc) is 2.28. The molecule has 17 heavy (non-hydrogen) atoms. The van der Waals surface area contributed by atoms with E-state index in [1.165, 1.54) is 24.3 Å². The molecule has 0 fully saturated rings. The molecule has 0 saturated heterocycles. The lowest BCUT2D eigenvalue weighted by atomic mass is 10.1. The van der Waals surface area contributed by atoms with E-state index < -0.39 is 11.8 Å². The summed E-state index contributed by atoms with van der Waals surface area (Å²) in [6, 6.07) is 8.46. The summed E-state index contributed by atoms with van der Waals surface area (Å²) in [6.07, 6.45) is 0. The summed E-state index contributed by atoms with van der Waals surface area (Å²) < 4.78 is 13.1. The van der Waals surface area contributed by atoms with Crippen LogP contribution in [0.1, 0.15) is 10.5 Å². The molecule has 2 rings (SSSR count). The second-order valence-electron chi connectivity index (χ2n) is 3.37. The number of carbonyl (C=O) groups is 1. The predicted octanol–water partition coefficient (Wildman–Crippen LogP) is 3.24. The van der Waals surface area contributed by atoms with Crippen LogP contribution in [0.3, 0.4) is 0 Å². The fourth-order valence-corrected chi connectivity index (χ4v) is 1.64. The lowest BCUT2D eigenvalue weighted by Gasteiger charge is -2.03. The maximum Gasteiger partial charge on any atom is 0.354 e. The lowest BCUT2D eigenvalue weighted by Crippen LogP contribution is -2.00. The molecule has 0 atom stereocenters. The van der Waals surface area contributed by atoms with Crippen molar-refractivity contribution in [2.75, 3.05) is 0 Å². The van der Waals surface area contributed by atoms with Gasteiger partial charge in [0, 0.05) is 10.6 Å². The van der Waals surface area contributed by atoms with Crippen LogP contribution in [-0.2, 0) is 0 Å². The van der Waals surface area contributed by atoms with Crippen LogP contribution in [0.25, 0.3) is 11.3 Å². The van der Waals surface area contributed by atoms with Gasteiger partial charge in [0.25, 0.3) is 0 Å². The highest BCUT2D eigenvalue weighted by Gasteiger charge is 2.08. The number of rotatable bonds is 2. The normalized spacial score (nSPS) is 10.2. The van der Waals surface area contributed by atoms with Crippen molar-refractivity contribution in [1.29, 1.82) is 0 Å². The van der Waals surface area contributed by atoms with Gasteiger partial charge in [0.15, 0.2) is 0 Å². The van der Waals surface area contributed by atoms with Gasteiger partial charge in [0.05, 0.1) is 5.69 Å². The summed E-state index contributed by atoms with van der Waals surface area (Å²) in [5, 5.41) is 9.04. The predicted molar refractivity (Wildman–Crippen MR) is 61.6 cm³/mol. The molecule has 5 heteroatoms. The van der Waals surface area contributed by atoms with E-state index >= 15 is 0 Å². The first-order chi connectivity index (χ1) is 8.06. The Kier molecular flexibility index (Phi) is 3.06. The zero-order valence-corrected chi connectivity index (χ0v) is 9.28. The summed E-state index contributed by atoms with van der Waals surface area (Å²) in [7, 11) is 0. The van der Waals surface area contributed by atoms with Gasteiger partial charge >= 0.3 is 5.97 Å². The minimum atomic E-state index is -1.13. The van der Waals surface area contributed by atoms with Gasteiger partial charge in [-0.2, -0.15) is 0 Å². The van der Waals surface area contributed by atoms with Gasteiger partial charge in [0.2, 0.25) is 0 Å². The van der Waals surface area contributed by atoms with Gasteiger partial charge in [-0.25, -0.2) is 14.2 Å². The molecule has 0 aliphatic carbocycles. The maximum atomic E-state index is 13.1. The molecular formula is C12H7ClFNO2. The molecule has 86 valence electrons. The van der Waals surface area contributed by atoms with Gasteiger partial charge in [-0.15, -0.1) is 0 Å². The number of hydrogen-bond donors (Lipinski definition) is 1. The van der Waals surface area contributed by atoms with Gasteiger partial charge in [-0.3, -0.25) is 0 Å². The van der Waals surface area contributed by atoms with E-state index in [4.69, 9.17) is 16.7 Å². The first-order valence-corrected chi connectivity index (χ1v) is 5.11. The lowest BCUT2D eigenvalue weighted by molar-refractivity contribution is 0.0690. The molecule has 0 saturated carbocycles. The number of pyridine rings is 1. The minimum Gasteiger partial charge on any atom is -0.477 e. The summed E-state index contributed by atoms with van der Waals surface area (Å²) in [6.45, 7) is 0. The highest BCUT2D eigenvalue weighted by molar-refractivity contribution is 6.30. The fourth-order valence-electron chi connectivity index (χ4n) is 1.42. The second-order valence-corrected chi connectivity index (χ2v) is 3.81. The zero-order valence-electron chi connectivity index (χ0n) is 8.52. The van der Waals surface area contributed by atoms with Crippen molar-refractivity contribution in [1.82, 2.24) is 4.98 Å². The highest BCUT2D eigenvalue weighted by atomic mass is 35.5. The number of aromatic nitrogens is 1. The van der Waals surface area contributed by atoms with Crippen molar-refractivity contribution < 1.29 is 14.3 Å². The SMILES string of the molecule is O=C(O)c1cccc(-c2cc(F)cc(Cl)c2)n1. The van der Waals surface area contributed by atoms with Crippen molar-refractivity contribution in [3.05, 3.63) is 52.9 Å². The van der Waals surface area contributed by atoms with Crippen LogP contribution in [0.5, 0.6) is 0 Å². The Balaban J connectivity index is 2.52. The second kappa shape index (κ2) is 4.51. The van der Waals surface area contributed by atoms with E-state index in [1.807, 2.05) is 0 Å². The Hall–Kier alpha value is -1.94. The molecule has 0 aliphatic heterocycles. The fraction of sp³-hybridized carbons (Fsp3) is 0. The first-order valence-electron chi connectivity index (χ1n) is 4.73. The number of hydrogen-bond acceptors (Lipinski definition) is 2. The monoisotopic (exact) mass is 251 g/mol. The van der Waals surface area contributed by atoms with E-state index in [0.717, 1.165) is 0 Å². The summed E-state index contributed by atoms with van der Waals surface area (Å²) >= 11 is 5.72. The molecule has 0 unspecified atom stereocenters. The number of benzene rings is 1. The van der Waals surface area contributed by atoms with Crippen molar-refractivity contribution in [2.45, 2.75) is 0 Å². The first kappa shape index (κ1) is 11.5. The Morgan fingerprint density at radius 3 is 2.71 bits per heavy atom. The van der Waals surface area contributed by atoms with Gasteiger partial charge < -0.3 is 5.11 Å². The Labute approximate surface area is 101 Å². The standard InChI is InChI=1S/C12H7ClFNO2/c13-8-4-7(5-9(14)6-8)10-2-1-3-11(15-10)12(16)17/h1-6H,(H,16,17). The molecule has 0 aliphatic rings. The van der Waals surface area contributed by atoms with Gasteiger partial charge in [0.1, 0.15) is 11.5 Å². The number of carboxylic acids is 1. The van der Waals surface area contributed by atoms with Crippen LogP contribution < -0.4 is 0 Å². The van der Waals surface area contributed by atoms with E-state index in [0.29, 0.717) is 11.3 Å². The maximum absolute atomic E-state index is 13.1. The Morgan fingerprint density at radius 2 is 2.06 bits per heavy atom. The molecular weight excluding hydrogens is 245 g/mol. The van der Waals surface area contributed by atoms with Gasteiger partial charge in [-0.05, 0) is 30.3 Å². The molecule has 3 nitrogen and oxygen atoms in total. The van der Waals surface area contributed by atoms with Crippen LogP contribution in [0.15, 0.2) is 36.4 Å². The van der Waals surface area contributed by atoms with Gasteiger partial charge in [-0.1, -0.05) is 17.7 Å². The molecule has 1 aromatic carbocycles. The Bertz CT molecular complexity index is 566. The molecule has 0 spiro atoms. The van der Waals surface area contributed by atoms with Crippen molar-refractivity contribution in [2.24, 2.45) is 0 Å². The summed E-state index contributed by atoms with van der Waals surface area (Å²) in [5.41, 5.74) is 0.715. The zero-order chi connectivity index (χ0) is 12.4. The van der Waals surface area contributed by atoms with E-state index in [2.05, 4.69) is 4.98 Å². The number of nitrogens with zero attached hydrogens (tertiary/aromatic N) is 1. The Morgan fingerprint density at radius 1 is 1.29 bits per heavy atom. The van der Waals surface area contributed by atoms with Crippen LogP contribution in [0.2, 0.25) is 5.02 Å². The molecule has 0 radical (unpaired) electrons. The van der Waals surface area contributed by atoms with E-state index in [-0.39, 0.29) is 10.7 Å². The van der Waals surface area contributed by atoms with Crippen LogP contribution in [0.4, 0.5) is 4.39 Å². The highest BCUT2D eigenvalue weighted by Crippen LogP contribution is 2.23. The van der Waals surface area contributed by atoms with Crippen molar-refractivity contribution >= 4 is 17.6 Å². The van der Waals surface area contributed by atoms with Crippen molar-refractivity contribution in [3.8, 4) is 11.3 Å². The minimum absolute atomic E-state index is 0.0946. The molecule has 1 N–H and O–H groups in total. The number of halogens is 2. The largest absolute Gasteiger partial charge is 0.477 e.